The minimum Gasteiger partial charge on any atom is -0.475 e. The summed E-state index contributed by atoms with van der Waals surface area (Å²) in [6.07, 6.45) is -4.53. The summed E-state index contributed by atoms with van der Waals surface area (Å²) in [7, 11) is 0. The number of carboxylic acids is 1. The third-order valence-corrected chi connectivity index (χ3v) is 5.52. The van der Waals surface area contributed by atoms with Gasteiger partial charge in [0.1, 0.15) is 11.5 Å². The van der Waals surface area contributed by atoms with E-state index in [4.69, 9.17) is 14.6 Å². The minimum absolute atomic E-state index is 0.0822. The average Bonchev–Trinajstić information content (AvgIpc) is 2.84. The number of aliphatic carboxylic acids is 1. The van der Waals surface area contributed by atoms with Crippen molar-refractivity contribution in [2.45, 2.75) is 33.4 Å². The van der Waals surface area contributed by atoms with Crippen LogP contribution in [0.15, 0.2) is 54.6 Å². The highest BCUT2D eigenvalue weighted by Crippen LogP contribution is 2.29. The van der Waals surface area contributed by atoms with Crippen molar-refractivity contribution in [2.75, 3.05) is 25.0 Å². The molecule has 1 aliphatic heterocycles. The van der Waals surface area contributed by atoms with Crippen LogP contribution in [0.4, 0.5) is 18.9 Å². The third kappa shape index (κ3) is 10.0. The zero-order valence-corrected chi connectivity index (χ0v) is 21.3. The number of carbonyl (C=O) groups is 3. The number of halogens is 3. The van der Waals surface area contributed by atoms with Crippen LogP contribution in [-0.4, -0.2) is 58.8 Å². The Morgan fingerprint density at radius 2 is 1.50 bits per heavy atom. The first-order valence-electron chi connectivity index (χ1n) is 11.8. The van der Waals surface area contributed by atoms with Crippen LogP contribution in [0.2, 0.25) is 0 Å². The van der Waals surface area contributed by atoms with E-state index in [9.17, 15) is 28.0 Å². The number of alkyl halides is 3. The molecule has 1 aliphatic rings. The maximum Gasteiger partial charge on any atom is 0.490 e. The standard InChI is InChI=1S/C24H31N3O4.C2HF3O2/c1-24(2,3)16-27-14-13-20(21(15-27)23(29)26-30)22(28)25-17-9-11-19(12-10-17)31-18-7-5-4-6-8-18;3-2(4,5)1(6)7/h4-12,20-21,30H,13-16H2,1-3H3,(H,25,28)(H,26,29);(H,6,7)/t20-,21-;/m0./s1. The van der Waals surface area contributed by atoms with Crippen LogP contribution in [0.5, 0.6) is 11.5 Å². The number of amides is 2. The summed E-state index contributed by atoms with van der Waals surface area (Å²) >= 11 is 0. The van der Waals surface area contributed by atoms with Crippen molar-refractivity contribution >= 4 is 23.5 Å². The lowest BCUT2D eigenvalue weighted by Gasteiger charge is -2.39. The Morgan fingerprint density at radius 3 is 2.00 bits per heavy atom. The molecule has 0 aliphatic carbocycles. The number of carboxylic acid groups (broad SMARTS) is 1. The molecule has 3 rings (SSSR count). The van der Waals surface area contributed by atoms with Gasteiger partial charge in [-0.15, -0.1) is 0 Å². The van der Waals surface area contributed by atoms with E-state index in [2.05, 4.69) is 31.0 Å². The Labute approximate surface area is 218 Å². The smallest absolute Gasteiger partial charge is 0.475 e. The number of carbonyl (C=O) groups excluding carboxylic acids is 2. The SMILES string of the molecule is CC(C)(C)CN1CC[C@H](C(=O)Nc2ccc(Oc3ccccc3)cc2)[C@@H](C(=O)NO)C1.O=C(O)C(F)(F)F. The fraction of sp³-hybridized carbons (Fsp3) is 0.423. The van der Waals surface area contributed by atoms with Gasteiger partial charge in [0.2, 0.25) is 11.8 Å². The predicted molar refractivity (Wildman–Crippen MR) is 133 cm³/mol. The number of ether oxygens (including phenoxy) is 1. The van der Waals surface area contributed by atoms with E-state index < -0.39 is 29.9 Å². The Balaban J connectivity index is 0.000000638. The first-order chi connectivity index (χ1) is 17.7. The van der Waals surface area contributed by atoms with Gasteiger partial charge in [-0.1, -0.05) is 39.0 Å². The molecular weight excluding hydrogens is 507 g/mol. The third-order valence-electron chi connectivity index (χ3n) is 5.52. The van der Waals surface area contributed by atoms with Gasteiger partial charge >= 0.3 is 12.1 Å². The zero-order valence-electron chi connectivity index (χ0n) is 21.3. The molecule has 9 nitrogen and oxygen atoms in total. The normalized spacial score (nSPS) is 18.0. The van der Waals surface area contributed by atoms with Gasteiger partial charge in [0.15, 0.2) is 0 Å². The second-order valence-electron chi connectivity index (χ2n) is 10.0. The van der Waals surface area contributed by atoms with Gasteiger partial charge in [0.25, 0.3) is 0 Å². The van der Waals surface area contributed by atoms with E-state index in [1.54, 1.807) is 29.7 Å². The lowest BCUT2D eigenvalue weighted by molar-refractivity contribution is -0.192. The number of nitrogens with one attached hydrogen (secondary N) is 2. The summed E-state index contributed by atoms with van der Waals surface area (Å²) in [5, 5.41) is 19.2. The highest BCUT2D eigenvalue weighted by molar-refractivity contribution is 5.96. The van der Waals surface area contributed by atoms with Gasteiger partial charge in [-0.25, -0.2) is 10.3 Å². The van der Waals surface area contributed by atoms with Gasteiger partial charge in [0.05, 0.1) is 11.8 Å². The van der Waals surface area contributed by atoms with Gasteiger partial charge in [-0.05, 0) is 54.8 Å². The van der Waals surface area contributed by atoms with Crippen LogP contribution >= 0.6 is 0 Å². The van der Waals surface area contributed by atoms with E-state index in [0.29, 0.717) is 24.4 Å². The lowest BCUT2D eigenvalue weighted by atomic mass is 9.83. The van der Waals surface area contributed by atoms with Gasteiger partial charge in [0, 0.05) is 18.8 Å². The van der Waals surface area contributed by atoms with Crippen LogP contribution in [0.25, 0.3) is 0 Å². The first-order valence-corrected chi connectivity index (χ1v) is 11.8. The van der Waals surface area contributed by atoms with Gasteiger partial charge in [-0.3, -0.25) is 14.8 Å². The molecule has 2 aromatic carbocycles. The zero-order chi connectivity index (χ0) is 28.5. The van der Waals surface area contributed by atoms with Crippen molar-refractivity contribution in [3.63, 3.8) is 0 Å². The summed E-state index contributed by atoms with van der Waals surface area (Å²) in [6.45, 7) is 8.40. The number of likely N-dealkylation sites (tertiary alicyclic amines) is 1. The van der Waals surface area contributed by atoms with Crippen molar-refractivity contribution in [3.8, 4) is 11.5 Å². The number of hydroxylamine groups is 1. The van der Waals surface area contributed by atoms with Crippen LogP contribution in [-0.2, 0) is 14.4 Å². The maximum absolute atomic E-state index is 12.9. The Kier molecular flexibility index (Phi) is 10.7. The van der Waals surface area contributed by atoms with Gasteiger partial charge in [-0.2, -0.15) is 13.2 Å². The quantitative estimate of drug-likeness (QED) is 0.313. The topological polar surface area (TPSA) is 128 Å². The minimum atomic E-state index is -5.08. The molecule has 0 bridgehead atoms. The summed E-state index contributed by atoms with van der Waals surface area (Å²) in [6, 6.07) is 16.6. The van der Waals surface area contributed by atoms with Crippen LogP contribution in [0, 0.1) is 17.3 Å². The summed E-state index contributed by atoms with van der Waals surface area (Å²) in [4.78, 5) is 36.3. The molecule has 1 heterocycles. The molecular formula is C26H32F3N3O6. The van der Waals surface area contributed by atoms with Crippen molar-refractivity contribution in [2.24, 2.45) is 17.3 Å². The molecule has 0 spiro atoms. The fourth-order valence-electron chi connectivity index (χ4n) is 3.96. The number of para-hydroxylation sites is 1. The number of benzene rings is 2. The maximum atomic E-state index is 12.9. The molecule has 38 heavy (non-hydrogen) atoms. The Bertz CT molecular complexity index is 1070. The molecule has 0 aromatic heterocycles. The predicted octanol–water partition coefficient (Wildman–Crippen LogP) is 4.54. The van der Waals surface area contributed by atoms with Gasteiger partial charge < -0.3 is 20.1 Å². The molecule has 12 heteroatoms. The molecule has 0 unspecified atom stereocenters. The van der Waals surface area contributed by atoms with E-state index in [1.165, 1.54) is 0 Å². The summed E-state index contributed by atoms with van der Waals surface area (Å²) < 4.78 is 37.5. The Morgan fingerprint density at radius 1 is 0.947 bits per heavy atom. The molecule has 2 atom stereocenters. The summed E-state index contributed by atoms with van der Waals surface area (Å²) in [5.74, 6) is -3.22. The van der Waals surface area contributed by atoms with E-state index in [1.807, 2.05) is 30.3 Å². The molecule has 1 fully saturated rings. The number of rotatable bonds is 6. The second-order valence-corrected chi connectivity index (χ2v) is 10.0. The van der Waals surface area contributed by atoms with Crippen molar-refractivity contribution in [3.05, 3.63) is 54.6 Å². The summed E-state index contributed by atoms with van der Waals surface area (Å²) in [5.41, 5.74) is 2.45. The average molecular weight is 540 g/mol. The van der Waals surface area contributed by atoms with Crippen LogP contribution in [0.1, 0.15) is 27.2 Å². The molecule has 1 saturated heterocycles. The number of nitrogens with zero attached hydrogens (tertiary/aromatic N) is 1. The van der Waals surface area contributed by atoms with E-state index in [0.717, 1.165) is 18.8 Å². The molecule has 2 amide bonds. The molecule has 4 N–H and O–H groups in total. The molecule has 0 radical (unpaired) electrons. The number of piperidine rings is 1. The number of hydrogen-bond donors (Lipinski definition) is 4. The van der Waals surface area contributed by atoms with Crippen molar-refractivity contribution in [1.82, 2.24) is 10.4 Å². The van der Waals surface area contributed by atoms with Crippen molar-refractivity contribution < 1.29 is 42.6 Å². The monoisotopic (exact) mass is 539 g/mol. The molecule has 0 saturated carbocycles. The first kappa shape index (κ1) is 30.6. The van der Waals surface area contributed by atoms with Crippen LogP contribution < -0.4 is 15.5 Å². The largest absolute Gasteiger partial charge is 0.490 e. The van der Waals surface area contributed by atoms with Crippen molar-refractivity contribution in [1.29, 1.82) is 0 Å². The molecule has 208 valence electrons. The lowest BCUT2D eigenvalue weighted by Crippen LogP contribution is -2.51. The van der Waals surface area contributed by atoms with E-state index >= 15 is 0 Å². The van der Waals surface area contributed by atoms with Crippen LogP contribution in [0.3, 0.4) is 0 Å². The number of hydrogen-bond acceptors (Lipinski definition) is 6. The fourth-order valence-corrected chi connectivity index (χ4v) is 3.96. The molecule has 2 aromatic rings. The van der Waals surface area contributed by atoms with E-state index in [-0.39, 0.29) is 11.3 Å². The number of anilines is 1. The Hall–Kier alpha value is -3.64. The highest BCUT2D eigenvalue weighted by atomic mass is 19.4. The second kappa shape index (κ2) is 13.2. The highest BCUT2D eigenvalue weighted by Gasteiger charge is 2.39.